The van der Waals surface area contributed by atoms with Crippen LogP contribution in [0.4, 0.5) is 0 Å². The largest absolute Gasteiger partial charge is 0.582 e. The second kappa shape index (κ2) is 4.74. The van der Waals surface area contributed by atoms with E-state index in [2.05, 4.69) is 5.43 Å². The first-order chi connectivity index (χ1) is 5.51. The van der Waals surface area contributed by atoms with E-state index in [0.717, 1.165) is 0 Å². The van der Waals surface area contributed by atoms with Crippen LogP contribution < -0.4 is 10.3 Å². The van der Waals surface area contributed by atoms with E-state index >= 15 is 0 Å². The van der Waals surface area contributed by atoms with Gasteiger partial charge >= 0.3 is 0 Å². The number of hydrogen-bond donors (Lipinski definition) is 2. The molecule has 0 aromatic rings. The zero-order valence-electron chi connectivity index (χ0n) is 8.47. The van der Waals surface area contributed by atoms with Gasteiger partial charge in [0.05, 0.1) is 0 Å². The monoisotopic (exact) mass is 177 g/mol. The topological polar surface area (TPSA) is 55.3 Å². The Bertz CT molecular complexity index is 128. The molecule has 12 heavy (non-hydrogen) atoms. The third kappa shape index (κ3) is 2.40. The summed E-state index contributed by atoms with van der Waals surface area (Å²) in [4.78, 5) is 0. The second-order valence-electron chi connectivity index (χ2n) is 2.93. The maximum Gasteiger partial charge on any atom is 0.240 e. The fourth-order valence-electron chi connectivity index (χ4n) is 0.882. The van der Waals surface area contributed by atoms with Crippen molar-refractivity contribution < 1.29 is 15.0 Å². The van der Waals surface area contributed by atoms with Crippen LogP contribution in [0.5, 0.6) is 0 Å². The highest BCUT2D eigenvalue weighted by Gasteiger charge is 2.32. The highest BCUT2D eigenvalue weighted by Crippen LogP contribution is 2.02. The molecule has 0 aliphatic carbocycles. The number of nitrogens with one attached hydrogen (secondary N) is 2. The summed E-state index contributed by atoms with van der Waals surface area (Å²) in [5, 5.41) is 12.1. The van der Waals surface area contributed by atoms with Crippen molar-refractivity contribution in [1.82, 2.24) is 0 Å². The maximum absolute atomic E-state index is 11.6. The number of rotatable bonds is 5. The van der Waals surface area contributed by atoms with Crippen LogP contribution in [-0.2, 0) is 4.74 Å². The number of quaternary nitrogens is 2. The van der Waals surface area contributed by atoms with E-state index in [-0.39, 0.29) is 5.17 Å². The number of hydroxylamine groups is 1. The normalized spacial score (nSPS) is 21.5. The average molecular weight is 177 g/mol. The van der Waals surface area contributed by atoms with E-state index in [1.165, 1.54) is 0 Å². The fraction of sp³-hybridized carbons (Fsp3) is 1.00. The SMILES string of the molecule is CCC(C)(OC)[NH+]([O-])[NH+](C)[N-]C. The van der Waals surface area contributed by atoms with Crippen LogP contribution in [-0.4, -0.2) is 26.9 Å². The van der Waals surface area contributed by atoms with Crippen LogP contribution in [0.2, 0.25) is 0 Å². The van der Waals surface area contributed by atoms with Gasteiger partial charge in [0.25, 0.3) is 0 Å². The minimum Gasteiger partial charge on any atom is -0.582 e. The average Bonchev–Trinajstić information content (AvgIpc) is 2.14. The predicted octanol–water partition coefficient (Wildman–Crippen LogP) is -1.51. The van der Waals surface area contributed by atoms with E-state index in [0.29, 0.717) is 11.5 Å². The van der Waals surface area contributed by atoms with Gasteiger partial charge in [0.2, 0.25) is 5.72 Å². The minimum atomic E-state index is -0.705. The van der Waals surface area contributed by atoms with Gasteiger partial charge in [-0.05, 0) is 0 Å². The van der Waals surface area contributed by atoms with Crippen molar-refractivity contribution >= 4 is 0 Å². The van der Waals surface area contributed by atoms with E-state index in [1.54, 1.807) is 28.1 Å². The fourth-order valence-corrected chi connectivity index (χ4v) is 0.882. The lowest BCUT2D eigenvalue weighted by atomic mass is 10.2. The molecule has 0 aliphatic rings. The first-order valence-corrected chi connectivity index (χ1v) is 4.05. The lowest BCUT2D eigenvalue weighted by Crippen LogP contribution is -3.58. The lowest BCUT2D eigenvalue weighted by Gasteiger charge is -2.43. The lowest BCUT2D eigenvalue weighted by molar-refractivity contribution is -1.48. The zero-order chi connectivity index (χ0) is 9.78. The third-order valence-electron chi connectivity index (χ3n) is 2.27. The smallest absolute Gasteiger partial charge is 0.240 e. The summed E-state index contributed by atoms with van der Waals surface area (Å²) < 4.78 is 5.14. The van der Waals surface area contributed by atoms with Gasteiger partial charge in [-0.2, -0.15) is 5.17 Å². The molecule has 0 radical (unpaired) electrons. The first kappa shape index (κ1) is 11.8. The number of nitrogens with zero attached hydrogens (tertiary/aromatic N) is 1. The van der Waals surface area contributed by atoms with Crippen molar-refractivity contribution in [1.29, 1.82) is 0 Å². The van der Waals surface area contributed by atoms with Crippen molar-refractivity contribution in [2.24, 2.45) is 0 Å². The molecule has 74 valence electrons. The molecule has 3 unspecified atom stereocenters. The summed E-state index contributed by atoms with van der Waals surface area (Å²) in [6.07, 6.45) is 0.662. The summed E-state index contributed by atoms with van der Waals surface area (Å²) in [7, 11) is 4.86. The molecule has 0 heterocycles. The summed E-state index contributed by atoms with van der Waals surface area (Å²) in [5.41, 5.74) is 3.13. The molecule has 0 spiro atoms. The number of methoxy groups -OCH3 is 1. The molecule has 0 rings (SSSR count). The van der Waals surface area contributed by atoms with E-state index in [4.69, 9.17) is 4.74 Å². The van der Waals surface area contributed by atoms with Crippen molar-refractivity contribution in [3.8, 4) is 0 Å². The van der Waals surface area contributed by atoms with Crippen LogP contribution in [0.1, 0.15) is 20.3 Å². The van der Waals surface area contributed by atoms with Crippen LogP contribution in [0.25, 0.3) is 5.43 Å². The molecule has 5 nitrogen and oxygen atoms in total. The zero-order valence-corrected chi connectivity index (χ0v) is 8.47. The van der Waals surface area contributed by atoms with Gasteiger partial charge in [0, 0.05) is 20.5 Å². The first-order valence-electron chi connectivity index (χ1n) is 4.05. The molecule has 0 aromatic heterocycles. The molecule has 3 atom stereocenters. The van der Waals surface area contributed by atoms with Gasteiger partial charge < -0.3 is 15.4 Å². The molecule has 5 heteroatoms. The Hall–Kier alpha value is -0.200. The molecule has 0 saturated heterocycles. The van der Waals surface area contributed by atoms with Gasteiger partial charge in [-0.3, -0.25) is 0 Å². The summed E-state index contributed by atoms with van der Waals surface area (Å²) in [6.45, 7) is 3.70. The Balaban J connectivity index is 4.29. The Morgan fingerprint density at radius 1 is 1.58 bits per heavy atom. The third-order valence-corrected chi connectivity index (χ3v) is 2.27. The van der Waals surface area contributed by atoms with Crippen LogP contribution >= 0.6 is 0 Å². The highest BCUT2D eigenvalue weighted by molar-refractivity contribution is 4.54. The Labute approximate surface area is 73.8 Å². The summed E-state index contributed by atoms with van der Waals surface area (Å²) in [6, 6.07) is 0. The van der Waals surface area contributed by atoms with Crippen LogP contribution in [0, 0.1) is 5.21 Å². The van der Waals surface area contributed by atoms with Gasteiger partial charge in [0.15, 0.2) is 0 Å². The highest BCUT2D eigenvalue weighted by atomic mass is 16.6. The Morgan fingerprint density at radius 2 is 2.08 bits per heavy atom. The standard InChI is InChI=1S/C7H19N3O2/c1-6-7(2,12-5)10(11)9(4)8-3/h9-10H,6H2,1-5H3. The molecule has 0 saturated carbocycles. The second-order valence-corrected chi connectivity index (χ2v) is 2.93. The van der Waals surface area contributed by atoms with E-state index in [9.17, 15) is 5.21 Å². The van der Waals surface area contributed by atoms with Gasteiger partial charge in [0.1, 0.15) is 7.05 Å². The summed E-state index contributed by atoms with van der Waals surface area (Å²) >= 11 is 0. The molecule has 0 aliphatic heterocycles. The summed E-state index contributed by atoms with van der Waals surface area (Å²) in [5.74, 6) is 0. The van der Waals surface area contributed by atoms with Crippen molar-refractivity contribution in [3.63, 3.8) is 0 Å². The van der Waals surface area contributed by atoms with Gasteiger partial charge in [-0.25, -0.2) is 5.12 Å². The van der Waals surface area contributed by atoms with E-state index < -0.39 is 5.72 Å². The van der Waals surface area contributed by atoms with Crippen molar-refractivity contribution in [3.05, 3.63) is 10.6 Å². The van der Waals surface area contributed by atoms with Crippen molar-refractivity contribution in [2.45, 2.75) is 26.0 Å². The molecule has 0 aromatic carbocycles. The van der Waals surface area contributed by atoms with Gasteiger partial charge in [-0.1, -0.05) is 6.92 Å². The van der Waals surface area contributed by atoms with Crippen LogP contribution in [0.3, 0.4) is 0 Å². The van der Waals surface area contributed by atoms with Crippen LogP contribution in [0.15, 0.2) is 0 Å². The minimum absolute atomic E-state index is 0.0324. The molecule has 0 amide bonds. The molecule has 0 fully saturated rings. The molecule has 0 bridgehead atoms. The van der Waals surface area contributed by atoms with Gasteiger partial charge in [-0.15, -0.1) is 7.05 Å². The number of ether oxygens (including phenoxy) is 1. The molecule has 2 N–H and O–H groups in total. The molecular weight excluding hydrogens is 158 g/mol. The maximum atomic E-state index is 11.6. The quantitative estimate of drug-likeness (QED) is 0.396. The Morgan fingerprint density at radius 3 is 2.33 bits per heavy atom. The van der Waals surface area contributed by atoms with Crippen molar-refractivity contribution in [2.75, 3.05) is 21.2 Å². The Kier molecular flexibility index (Phi) is 4.66. The molecular formula is C7H19N3O2. The predicted molar refractivity (Wildman–Crippen MR) is 46.2 cm³/mol. The van der Waals surface area contributed by atoms with E-state index in [1.807, 2.05) is 6.92 Å². The number of hydrogen-bond acceptors (Lipinski definition) is 2.